The molecule has 41 heavy (non-hydrogen) atoms. The van der Waals surface area contributed by atoms with E-state index in [1.807, 2.05) is 55.5 Å². The molecule has 8 nitrogen and oxygen atoms in total. The van der Waals surface area contributed by atoms with E-state index in [9.17, 15) is 14.7 Å². The molecule has 2 heterocycles. The molecule has 1 amide bonds. The number of rotatable bonds is 10. The molecule has 1 atom stereocenters. The lowest BCUT2D eigenvalue weighted by Crippen LogP contribution is -2.39. The standard InChI is InChI=1S/C33H36N2O6/c1-23-9-11-25(12-10-23)31(36)29-30(35(33(38)32(29)37)16-6-15-34-17-19-40-20-18-34)26-13-14-27(28(21-26)39-2)41-22-24-7-4-3-5-8-24/h3-5,7-14,21,30,36H,6,15-20,22H2,1-2H3. The first-order chi connectivity index (χ1) is 20.0. The third kappa shape index (κ3) is 6.45. The molecule has 0 aromatic heterocycles. The molecular formula is C33H36N2O6. The molecular weight excluding hydrogens is 520 g/mol. The Morgan fingerprint density at radius 1 is 0.951 bits per heavy atom. The Labute approximate surface area is 240 Å². The van der Waals surface area contributed by atoms with Gasteiger partial charge in [-0.15, -0.1) is 0 Å². The molecule has 0 radical (unpaired) electrons. The SMILES string of the molecule is COc1cc(C2C(=C(O)c3ccc(C)cc3)C(=O)C(=O)N2CCCN2CCOCC2)ccc1OCc1ccccc1. The molecule has 8 heteroatoms. The smallest absolute Gasteiger partial charge is 0.295 e. The quantitative estimate of drug-likeness (QED) is 0.220. The third-order valence-corrected chi connectivity index (χ3v) is 7.58. The molecule has 2 fully saturated rings. The maximum atomic E-state index is 13.4. The van der Waals surface area contributed by atoms with Crippen LogP contribution >= 0.6 is 0 Å². The summed E-state index contributed by atoms with van der Waals surface area (Å²) in [4.78, 5) is 30.7. The van der Waals surface area contributed by atoms with Gasteiger partial charge in [-0.25, -0.2) is 0 Å². The highest BCUT2D eigenvalue weighted by molar-refractivity contribution is 6.46. The molecule has 0 spiro atoms. The molecule has 214 valence electrons. The van der Waals surface area contributed by atoms with Crippen molar-refractivity contribution in [2.45, 2.75) is 26.0 Å². The summed E-state index contributed by atoms with van der Waals surface area (Å²) < 4.78 is 17.1. The number of benzene rings is 3. The van der Waals surface area contributed by atoms with Crippen molar-refractivity contribution in [3.05, 3.63) is 101 Å². The van der Waals surface area contributed by atoms with Crippen LogP contribution in [-0.2, 0) is 20.9 Å². The minimum atomic E-state index is -0.766. The lowest BCUT2D eigenvalue weighted by Gasteiger charge is -2.29. The number of amides is 1. The maximum absolute atomic E-state index is 13.4. The molecule has 1 unspecified atom stereocenters. The third-order valence-electron chi connectivity index (χ3n) is 7.58. The van der Waals surface area contributed by atoms with Crippen LogP contribution in [0.5, 0.6) is 11.5 Å². The molecule has 2 saturated heterocycles. The Bertz CT molecular complexity index is 1400. The van der Waals surface area contributed by atoms with Crippen molar-refractivity contribution in [2.75, 3.05) is 46.5 Å². The summed E-state index contributed by atoms with van der Waals surface area (Å²) in [5.41, 5.74) is 3.27. The number of carbonyl (C=O) groups excluding carboxylic acids is 2. The van der Waals surface area contributed by atoms with Crippen LogP contribution in [0.25, 0.3) is 5.76 Å². The second-order valence-corrected chi connectivity index (χ2v) is 10.4. The zero-order valence-electron chi connectivity index (χ0n) is 23.5. The van der Waals surface area contributed by atoms with E-state index in [0.29, 0.717) is 55.4 Å². The number of methoxy groups -OCH3 is 1. The van der Waals surface area contributed by atoms with E-state index in [4.69, 9.17) is 14.2 Å². The molecule has 0 saturated carbocycles. The van der Waals surface area contributed by atoms with E-state index < -0.39 is 17.7 Å². The number of likely N-dealkylation sites (tertiary alicyclic amines) is 1. The van der Waals surface area contributed by atoms with E-state index >= 15 is 0 Å². The van der Waals surface area contributed by atoms with Gasteiger partial charge in [0.1, 0.15) is 12.4 Å². The van der Waals surface area contributed by atoms with Crippen molar-refractivity contribution < 1.29 is 28.9 Å². The van der Waals surface area contributed by atoms with E-state index in [1.54, 1.807) is 36.3 Å². The van der Waals surface area contributed by atoms with Crippen molar-refractivity contribution >= 4 is 17.4 Å². The molecule has 1 N–H and O–H groups in total. The second kappa shape index (κ2) is 13.0. The number of hydrogen-bond donors (Lipinski definition) is 1. The fourth-order valence-corrected chi connectivity index (χ4v) is 5.32. The van der Waals surface area contributed by atoms with Gasteiger partial charge in [0.25, 0.3) is 11.7 Å². The van der Waals surface area contributed by atoms with Gasteiger partial charge in [-0.05, 0) is 36.6 Å². The Hall–Kier alpha value is -4.14. The highest BCUT2D eigenvalue weighted by Crippen LogP contribution is 2.42. The first-order valence-corrected chi connectivity index (χ1v) is 14.0. The van der Waals surface area contributed by atoms with Gasteiger partial charge in [0.05, 0.1) is 31.9 Å². The van der Waals surface area contributed by atoms with Crippen LogP contribution in [0.3, 0.4) is 0 Å². The van der Waals surface area contributed by atoms with Gasteiger partial charge in [0, 0.05) is 31.7 Å². The average molecular weight is 557 g/mol. The maximum Gasteiger partial charge on any atom is 0.295 e. The number of morpholine rings is 1. The normalized spacial score (nSPS) is 19.0. The highest BCUT2D eigenvalue weighted by atomic mass is 16.5. The molecule has 0 aliphatic carbocycles. The summed E-state index contributed by atoms with van der Waals surface area (Å²) in [7, 11) is 1.56. The summed E-state index contributed by atoms with van der Waals surface area (Å²) in [6.45, 7) is 6.54. The minimum absolute atomic E-state index is 0.0743. The second-order valence-electron chi connectivity index (χ2n) is 10.4. The lowest BCUT2D eigenvalue weighted by molar-refractivity contribution is -0.140. The first kappa shape index (κ1) is 28.4. The minimum Gasteiger partial charge on any atom is -0.507 e. The van der Waals surface area contributed by atoms with Crippen molar-refractivity contribution in [1.82, 2.24) is 9.80 Å². The number of nitrogens with zero attached hydrogens (tertiary/aromatic N) is 2. The predicted octanol–water partition coefficient (Wildman–Crippen LogP) is 4.73. The van der Waals surface area contributed by atoms with E-state index in [-0.39, 0.29) is 11.3 Å². The monoisotopic (exact) mass is 556 g/mol. The topological polar surface area (TPSA) is 88.5 Å². The molecule has 5 rings (SSSR count). The Balaban J connectivity index is 1.47. The van der Waals surface area contributed by atoms with Gasteiger partial charge >= 0.3 is 0 Å². The van der Waals surface area contributed by atoms with Crippen LogP contribution in [0.15, 0.2) is 78.4 Å². The lowest BCUT2D eigenvalue weighted by atomic mass is 9.94. The van der Waals surface area contributed by atoms with Gasteiger partial charge in [-0.2, -0.15) is 0 Å². The Morgan fingerprint density at radius 3 is 2.39 bits per heavy atom. The number of Topliss-reactive ketones (excluding diaryl/α,β-unsaturated/α-hetero) is 1. The number of aliphatic hydroxyl groups is 1. The van der Waals surface area contributed by atoms with Gasteiger partial charge in [0.15, 0.2) is 11.5 Å². The molecule has 0 bridgehead atoms. The van der Waals surface area contributed by atoms with E-state index in [1.165, 1.54) is 0 Å². The number of ketones is 1. The van der Waals surface area contributed by atoms with Gasteiger partial charge in [0.2, 0.25) is 0 Å². The summed E-state index contributed by atoms with van der Waals surface area (Å²) in [6, 6.07) is 21.7. The number of hydrogen-bond acceptors (Lipinski definition) is 7. The highest BCUT2D eigenvalue weighted by Gasteiger charge is 2.46. The largest absolute Gasteiger partial charge is 0.507 e. The van der Waals surface area contributed by atoms with Crippen molar-refractivity contribution in [3.63, 3.8) is 0 Å². The number of ether oxygens (including phenoxy) is 3. The predicted molar refractivity (Wildman–Crippen MR) is 156 cm³/mol. The van der Waals surface area contributed by atoms with Gasteiger partial charge < -0.3 is 24.2 Å². The van der Waals surface area contributed by atoms with Crippen LogP contribution in [0, 0.1) is 6.92 Å². The van der Waals surface area contributed by atoms with Crippen LogP contribution in [0.4, 0.5) is 0 Å². The average Bonchev–Trinajstić information content (AvgIpc) is 3.26. The first-order valence-electron chi connectivity index (χ1n) is 14.0. The zero-order valence-corrected chi connectivity index (χ0v) is 23.5. The van der Waals surface area contributed by atoms with Crippen LogP contribution < -0.4 is 9.47 Å². The fraction of sp³-hybridized carbons (Fsp3) is 0.333. The van der Waals surface area contributed by atoms with E-state index in [2.05, 4.69) is 4.90 Å². The zero-order chi connectivity index (χ0) is 28.8. The van der Waals surface area contributed by atoms with Crippen molar-refractivity contribution in [3.8, 4) is 11.5 Å². The summed E-state index contributed by atoms with van der Waals surface area (Å²) in [5, 5.41) is 11.4. The van der Waals surface area contributed by atoms with Crippen LogP contribution in [0.1, 0.15) is 34.7 Å². The summed E-state index contributed by atoms with van der Waals surface area (Å²) in [5.74, 6) is -0.472. The number of aryl methyl sites for hydroxylation is 1. The van der Waals surface area contributed by atoms with Gasteiger partial charge in [-0.3, -0.25) is 14.5 Å². The number of aliphatic hydroxyl groups excluding tert-OH is 1. The molecule has 2 aliphatic rings. The summed E-state index contributed by atoms with van der Waals surface area (Å²) >= 11 is 0. The molecule has 3 aromatic carbocycles. The Kier molecular flexibility index (Phi) is 9.01. The van der Waals surface area contributed by atoms with Gasteiger partial charge in [-0.1, -0.05) is 66.2 Å². The van der Waals surface area contributed by atoms with Crippen LogP contribution in [-0.4, -0.2) is 73.1 Å². The molecule has 2 aliphatic heterocycles. The van der Waals surface area contributed by atoms with Crippen molar-refractivity contribution in [1.29, 1.82) is 0 Å². The van der Waals surface area contributed by atoms with Crippen LogP contribution in [0.2, 0.25) is 0 Å². The molecule has 3 aromatic rings. The number of carbonyl (C=O) groups is 2. The fourth-order valence-electron chi connectivity index (χ4n) is 5.32. The van der Waals surface area contributed by atoms with E-state index in [0.717, 1.165) is 30.8 Å². The summed E-state index contributed by atoms with van der Waals surface area (Å²) in [6.07, 6.45) is 0.684. The Morgan fingerprint density at radius 2 is 1.68 bits per heavy atom. The van der Waals surface area contributed by atoms with Crippen molar-refractivity contribution in [2.24, 2.45) is 0 Å².